The molecule has 0 fully saturated rings. The normalized spacial score (nSPS) is 20.1. The number of aryl methyl sites for hydroxylation is 1. The summed E-state index contributed by atoms with van der Waals surface area (Å²) in [5, 5.41) is 2.25. The van der Waals surface area contributed by atoms with Gasteiger partial charge in [-0.15, -0.1) is 0 Å². The van der Waals surface area contributed by atoms with Crippen molar-refractivity contribution in [2.45, 2.75) is 32.3 Å². The van der Waals surface area contributed by atoms with Crippen molar-refractivity contribution in [2.24, 2.45) is 0 Å². The first kappa shape index (κ1) is 20.0. The molecule has 2 heterocycles. The first-order chi connectivity index (χ1) is 14.7. The molecule has 0 radical (unpaired) electrons. The SMILES string of the molecule is Cc1ccc2c(c1CF)[Si](C)(C)c1cc(N(C)C)ccc1C21OC(=O)c2ccccc21. The average Bonchev–Trinajstić information content (AvgIpc) is 3.05. The Morgan fingerprint density at radius 3 is 2.42 bits per heavy atom. The number of nitrogens with zero attached hydrogens (tertiary/aromatic N) is 1. The van der Waals surface area contributed by atoms with E-state index in [-0.39, 0.29) is 5.97 Å². The van der Waals surface area contributed by atoms with Crippen LogP contribution in [0, 0.1) is 6.92 Å². The first-order valence-electron chi connectivity index (χ1n) is 10.6. The predicted molar refractivity (Wildman–Crippen MR) is 125 cm³/mol. The molecular formula is C26H26FNO2Si. The standard InChI is InChI=1S/C26H26FNO2Si/c1-16-10-12-22-24(19(16)15-27)31(4,5)23-14-17(28(2)3)11-13-21(23)26(22)20-9-7-6-8-18(20)25(29)30-26/h6-14H,15H2,1-5H3. The van der Waals surface area contributed by atoms with Crippen molar-refractivity contribution < 1.29 is 13.9 Å². The van der Waals surface area contributed by atoms with Gasteiger partial charge in [-0.2, -0.15) is 0 Å². The molecule has 1 atom stereocenters. The number of halogens is 1. The average molecular weight is 432 g/mol. The second kappa shape index (κ2) is 6.54. The lowest BCUT2D eigenvalue weighted by Gasteiger charge is -2.45. The Kier molecular flexibility index (Phi) is 4.22. The van der Waals surface area contributed by atoms with E-state index >= 15 is 0 Å². The van der Waals surface area contributed by atoms with Crippen LogP contribution in [0.2, 0.25) is 13.1 Å². The van der Waals surface area contributed by atoms with Crippen LogP contribution in [-0.2, 0) is 17.0 Å². The van der Waals surface area contributed by atoms with Crippen LogP contribution in [0.1, 0.15) is 38.2 Å². The van der Waals surface area contributed by atoms with Crippen LogP contribution in [0.25, 0.3) is 0 Å². The highest BCUT2D eigenvalue weighted by Gasteiger charge is 2.56. The predicted octanol–water partition coefficient (Wildman–Crippen LogP) is 4.13. The molecule has 158 valence electrons. The summed E-state index contributed by atoms with van der Waals surface area (Å²) in [5.74, 6) is -0.326. The molecule has 3 aromatic carbocycles. The third-order valence-corrected chi connectivity index (χ3v) is 10.6. The van der Waals surface area contributed by atoms with Crippen molar-refractivity contribution in [1.29, 1.82) is 0 Å². The molecule has 0 amide bonds. The molecule has 2 aliphatic rings. The highest BCUT2D eigenvalue weighted by atomic mass is 28.3. The van der Waals surface area contributed by atoms with Gasteiger partial charge in [-0.25, -0.2) is 9.18 Å². The number of hydrogen-bond acceptors (Lipinski definition) is 3. The summed E-state index contributed by atoms with van der Waals surface area (Å²) >= 11 is 0. The Morgan fingerprint density at radius 1 is 1.00 bits per heavy atom. The fourth-order valence-electron chi connectivity index (χ4n) is 5.46. The zero-order valence-electron chi connectivity index (χ0n) is 18.5. The van der Waals surface area contributed by atoms with Crippen molar-refractivity contribution in [3.8, 4) is 0 Å². The molecule has 5 heteroatoms. The van der Waals surface area contributed by atoms with E-state index in [0.717, 1.165) is 38.7 Å². The van der Waals surface area contributed by atoms with Crippen molar-refractivity contribution in [3.05, 3.63) is 88.0 Å². The highest BCUT2D eigenvalue weighted by molar-refractivity contribution is 7.01. The van der Waals surface area contributed by atoms with Crippen LogP contribution in [-0.4, -0.2) is 28.1 Å². The van der Waals surface area contributed by atoms with Gasteiger partial charge in [-0.3, -0.25) is 0 Å². The van der Waals surface area contributed by atoms with Gasteiger partial charge in [0.15, 0.2) is 5.60 Å². The lowest BCUT2D eigenvalue weighted by molar-refractivity contribution is 0.0255. The van der Waals surface area contributed by atoms with Gasteiger partial charge in [0.1, 0.15) is 14.7 Å². The van der Waals surface area contributed by atoms with Crippen LogP contribution in [0.15, 0.2) is 54.6 Å². The zero-order chi connectivity index (χ0) is 22.1. The van der Waals surface area contributed by atoms with E-state index in [9.17, 15) is 9.18 Å². The van der Waals surface area contributed by atoms with E-state index in [0.29, 0.717) is 5.56 Å². The molecule has 0 saturated heterocycles. The maximum atomic E-state index is 14.5. The van der Waals surface area contributed by atoms with Gasteiger partial charge in [-0.1, -0.05) is 49.5 Å². The molecule has 0 aliphatic carbocycles. The maximum absolute atomic E-state index is 14.5. The number of ether oxygens (including phenoxy) is 1. The van der Waals surface area contributed by atoms with Crippen LogP contribution in [0.5, 0.6) is 0 Å². The van der Waals surface area contributed by atoms with E-state index in [1.807, 2.05) is 51.4 Å². The lowest BCUT2D eigenvalue weighted by Crippen LogP contribution is -2.64. The van der Waals surface area contributed by atoms with Crippen LogP contribution in [0.4, 0.5) is 10.1 Å². The summed E-state index contributed by atoms with van der Waals surface area (Å²) in [6.45, 7) is 5.99. The number of benzene rings is 3. The van der Waals surface area contributed by atoms with Gasteiger partial charge in [0.25, 0.3) is 0 Å². The molecule has 5 rings (SSSR count). The van der Waals surface area contributed by atoms with Gasteiger partial charge in [0.05, 0.1) is 5.56 Å². The Morgan fingerprint density at radius 2 is 1.71 bits per heavy atom. The third-order valence-electron chi connectivity index (χ3n) is 7.03. The molecular weight excluding hydrogens is 405 g/mol. The number of rotatable bonds is 2. The number of esters is 1. The van der Waals surface area contributed by atoms with Crippen molar-refractivity contribution in [2.75, 3.05) is 19.0 Å². The molecule has 0 N–H and O–H groups in total. The van der Waals surface area contributed by atoms with Crippen molar-refractivity contribution in [1.82, 2.24) is 0 Å². The molecule has 1 spiro atoms. The summed E-state index contributed by atoms with van der Waals surface area (Å²) < 4.78 is 20.7. The summed E-state index contributed by atoms with van der Waals surface area (Å²) in [5.41, 5.74) is 5.10. The topological polar surface area (TPSA) is 29.5 Å². The second-order valence-electron chi connectivity index (χ2n) is 9.28. The molecule has 1 unspecified atom stereocenters. The van der Waals surface area contributed by atoms with E-state index < -0.39 is 20.3 Å². The summed E-state index contributed by atoms with van der Waals surface area (Å²) in [7, 11) is 1.74. The Labute approximate surface area is 183 Å². The number of hydrogen-bond donors (Lipinski definition) is 0. The minimum absolute atomic E-state index is 0.326. The van der Waals surface area contributed by atoms with Crippen LogP contribution < -0.4 is 15.3 Å². The first-order valence-corrected chi connectivity index (χ1v) is 13.6. The summed E-state index contributed by atoms with van der Waals surface area (Å²) in [6, 6.07) is 18.0. The maximum Gasteiger partial charge on any atom is 0.340 e. The fourth-order valence-corrected chi connectivity index (χ4v) is 9.12. The van der Waals surface area contributed by atoms with Gasteiger partial charge >= 0.3 is 5.97 Å². The van der Waals surface area contributed by atoms with E-state index in [2.05, 4.69) is 42.3 Å². The third kappa shape index (κ3) is 2.47. The van der Waals surface area contributed by atoms with Crippen molar-refractivity contribution >= 4 is 30.1 Å². The largest absolute Gasteiger partial charge is 0.441 e. The number of carbonyl (C=O) groups excluding carboxylic acids is 1. The van der Waals surface area contributed by atoms with E-state index in [4.69, 9.17) is 4.74 Å². The van der Waals surface area contributed by atoms with Crippen molar-refractivity contribution in [3.63, 3.8) is 0 Å². The zero-order valence-corrected chi connectivity index (χ0v) is 19.5. The molecule has 0 saturated carbocycles. The minimum atomic E-state index is -2.30. The Hall–Kier alpha value is -2.92. The molecule has 0 bridgehead atoms. The van der Waals surface area contributed by atoms with Gasteiger partial charge < -0.3 is 9.64 Å². The molecule has 3 nitrogen and oxygen atoms in total. The molecule has 0 aromatic heterocycles. The van der Waals surface area contributed by atoms with Gasteiger partial charge in [0.2, 0.25) is 0 Å². The fraction of sp³-hybridized carbons (Fsp3) is 0.269. The van der Waals surface area contributed by atoms with E-state index in [1.165, 1.54) is 5.19 Å². The summed E-state index contributed by atoms with van der Waals surface area (Å²) in [4.78, 5) is 15.1. The quantitative estimate of drug-likeness (QED) is 0.451. The molecule has 31 heavy (non-hydrogen) atoms. The van der Waals surface area contributed by atoms with E-state index in [1.54, 1.807) is 0 Å². The number of anilines is 1. The van der Waals surface area contributed by atoms with Gasteiger partial charge in [-0.05, 0) is 46.6 Å². The second-order valence-corrected chi connectivity index (χ2v) is 13.6. The van der Waals surface area contributed by atoms with Gasteiger partial charge in [0, 0.05) is 36.5 Å². The number of carbonyl (C=O) groups is 1. The number of alkyl halides is 1. The van der Waals surface area contributed by atoms with Crippen LogP contribution >= 0.6 is 0 Å². The smallest absolute Gasteiger partial charge is 0.340 e. The Bertz CT molecular complexity index is 1250. The summed E-state index contributed by atoms with van der Waals surface area (Å²) in [6.07, 6.45) is 0. The highest BCUT2D eigenvalue weighted by Crippen LogP contribution is 2.49. The molecule has 2 aliphatic heterocycles. The lowest BCUT2D eigenvalue weighted by atomic mass is 9.78. The van der Waals surface area contributed by atoms with Crippen LogP contribution in [0.3, 0.4) is 0 Å². The minimum Gasteiger partial charge on any atom is -0.441 e. The Balaban J connectivity index is 1.97. The molecule has 3 aromatic rings. The number of fused-ring (bicyclic) bond motifs is 6. The monoisotopic (exact) mass is 431 g/mol.